The highest BCUT2D eigenvalue weighted by atomic mass is 16.5. The fraction of sp³-hybridized carbons (Fsp3) is 0.438. The number of carbonyl (C=O) groups is 1. The van der Waals surface area contributed by atoms with Crippen LogP contribution in [0.2, 0.25) is 0 Å². The average molecular weight is 246 g/mol. The molecule has 0 N–H and O–H groups in total. The maximum Gasteiger partial charge on any atom is 0.338 e. The first-order valence-electron chi connectivity index (χ1n) is 6.22. The van der Waals surface area contributed by atoms with E-state index in [-0.39, 0.29) is 11.4 Å². The molecule has 98 valence electrons. The van der Waals surface area contributed by atoms with E-state index in [1.54, 1.807) is 0 Å². The van der Waals surface area contributed by atoms with Crippen LogP contribution < -0.4 is 0 Å². The summed E-state index contributed by atoms with van der Waals surface area (Å²) >= 11 is 0. The van der Waals surface area contributed by atoms with Crippen molar-refractivity contribution >= 4 is 5.97 Å². The fourth-order valence-electron chi connectivity index (χ4n) is 1.47. The smallest absolute Gasteiger partial charge is 0.338 e. The number of hydrogen-bond donors (Lipinski definition) is 0. The molecule has 0 aliphatic rings. The third-order valence-corrected chi connectivity index (χ3v) is 2.69. The molecule has 0 amide bonds. The van der Waals surface area contributed by atoms with E-state index in [4.69, 9.17) is 4.74 Å². The predicted molar refractivity (Wildman–Crippen MR) is 74.9 cm³/mol. The lowest BCUT2D eigenvalue weighted by molar-refractivity contribution is 0.0549. The van der Waals surface area contributed by atoms with Crippen LogP contribution in [-0.2, 0) is 10.2 Å². The fourth-order valence-corrected chi connectivity index (χ4v) is 1.47. The quantitative estimate of drug-likeness (QED) is 0.592. The van der Waals surface area contributed by atoms with E-state index in [1.807, 2.05) is 44.2 Å². The number of allylic oxidation sites excluding steroid dienone is 1. The van der Waals surface area contributed by atoms with Gasteiger partial charge in [0.15, 0.2) is 0 Å². The molecular weight excluding hydrogens is 224 g/mol. The summed E-state index contributed by atoms with van der Waals surface area (Å²) in [7, 11) is 0. The van der Waals surface area contributed by atoms with Crippen molar-refractivity contribution in [2.24, 2.45) is 0 Å². The lowest BCUT2D eigenvalue weighted by Crippen LogP contribution is -2.12. The molecule has 2 heteroatoms. The number of benzene rings is 1. The summed E-state index contributed by atoms with van der Waals surface area (Å²) in [4.78, 5) is 11.7. The number of esters is 1. The predicted octanol–water partition coefficient (Wildman–Crippen LogP) is 4.11. The van der Waals surface area contributed by atoms with Gasteiger partial charge in [0.05, 0.1) is 5.56 Å². The van der Waals surface area contributed by atoms with Gasteiger partial charge in [0.25, 0.3) is 0 Å². The molecule has 0 bridgehead atoms. The van der Waals surface area contributed by atoms with Gasteiger partial charge >= 0.3 is 5.97 Å². The zero-order valence-electron chi connectivity index (χ0n) is 11.9. The van der Waals surface area contributed by atoms with Crippen LogP contribution in [0.1, 0.15) is 50.5 Å². The van der Waals surface area contributed by atoms with Crippen LogP contribution in [-0.4, -0.2) is 12.6 Å². The van der Waals surface area contributed by atoms with Crippen molar-refractivity contribution < 1.29 is 9.53 Å². The van der Waals surface area contributed by atoms with Gasteiger partial charge in [0.1, 0.15) is 6.61 Å². The van der Waals surface area contributed by atoms with E-state index in [0.29, 0.717) is 12.2 Å². The second-order valence-corrected chi connectivity index (χ2v) is 5.71. The lowest BCUT2D eigenvalue weighted by Gasteiger charge is -2.18. The molecule has 0 heterocycles. The van der Waals surface area contributed by atoms with E-state index < -0.39 is 0 Å². The maximum absolute atomic E-state index is 11.7. The maximum atomic E-state index is 11.7. The number of ether oxygens (including phenoxy) is 1. The zero-order chi connectivity index (χ0) is 13.8. The summed E-state index contributed by atoms with van der Waals surface area (Å²) in [5.41, 5.74) is 3.06. The van der Waals surface area contributed by atoms with Crippen molar-refractivity contribution in [3.63, 3.8) is 0 Å². The van der Waals surface area contributed by atoms with Gasteiger partial charge in [-0.2, -0.15) is 0 Å². The van der Waals surface area contributed by atoms with Gasteiger partial charge in [-0.3, -0.25) is 0 Å². The Balaban J connectivity index is 2.68. The van der Waals surface area contributed by atoms with Gasteiger partial charge in [-0.1, -0.05) is 38.5 Å². The standard InChI is InChI=1S/C16H22O2/c1-12(2)10-11-18-15(17)13-6-8-14(9-7-13)16(3,4)5/h6-10H,11H2,1-5H3. The Kier molecular flexibility index (Phi) is 4.71. The summed E-state index contributed by atoms with van der Waals surface area (Å²) in [6, 6.07) is 7.62. The Hall–Kier alpha value is -1.57. The minimum absolute atomic E-state index is 0.102. The van der Waals surface area contributed by atoms with Crippen molar-refractivity contribution in [1.29, 1.82) is 0 Å². The summed E-state index contributed by atoms with van der Waals surface area (Å²) in [5, 5.41) is 0. The van der Waals surface area contributed by atoms with Crippen LogP contribution in [0.5, 0.6) is 0 Å². The van der Waals surface area contributed by atoms with E-state index in [0.717, 1.165) is 5.57 Å². The van der Waals surface area contributed by atoms with Crippen molar-refractivity contribution in [2.45, 2.75) is 40.0 Å². The van der Waals surface area contributed by atoms with Crippen molar-refractivity contribution in [1.82, 2.24) is 0 Å². The average Bonchev–Trinajstić information content (AvgIpc) is 2.27. The van der Waals surface area contributed by atoms with Crippen LogP contribution in [0.4, 0.5) is 0 Å². The second kappa shape index (κ2) is 5.85. The summed E-state index contributed by atoms with van der Waals surface area (Å²) in [6.45, 7) is 10.7. The van der Waals surface area contributed by atoms with Crippen LogP contribution >= 0.6 is 0 Å². The largest absolute Gasteiger partial charge is 0.458 e. The Morgan fingerprint density at radius 2 is 1.72 bits per heavy atom. The van der Waals surface area contributed by atoms with Gasteiger partial charge in [0, 0.05) is 0 Å². The van der Waals surface area contributed by atoms with Gasteiger partial charge in [-0.25, -0.2) is 4.79 Å². The van der Waals surface area contributed by atoms with E-state index in [1.165, 1.54) is 5.56 Å². The molecule has 0 aliphatic carbocycles. The van der Waals surface area contributed by atoms with Gasteiger partial charge in [0.2, 0.25) is 0 Å². The Morgan fingerprint density at radius 3 is 2.17 bits per heavy atom. The number of carbonyl (C=O) groups excluding carboxylic acids is 1. The molecular formula is C16H22O2. The Labute approximate surface area is 110 Å². The minimum atomic E-state index is -0.270. The lowest BCUT2D eigenvalue weighted by atomic mass is 9.87. The molecule has 0 aliphatic heterocycles. The molecule has 0 saturated carbocycles. The summed E-state index contributed by atoms with van der Waals surface area (Å²) < 4.78 is 5.15. The van der Waals surface area contributed by atoms with Gasteiger partial charge < -0.3 is 4.74 Å². The van der Waals surface area contributed by atoms with Crippen LogP contribution in [0, 0.1) is 0 Å². The third kappa shape index (κ3) is 4.36. The van der Waals surface area contributed by atoms with Gasteiger partial charge in [-0.15, -0.1) is 0 Å². The molecule has 1 aromatic carbocycles. The molecule has 2 nitrogen and oxygen atoms in total. The SMILES string of the molecule is CC(C)=CCOC(=O)c1ccc(C(C)(C)C)cc1. The Bertz CT molecular complexity index is 429. The topological polar surface area (TPSA) is 26.3 Å². The van der Waals surface area contributed by atoms with Gasteiger partial charge in [-0.05, 0) is 43.0 Å². The minimum Gasteiger partial charge on any atom is -0.458 e. The van der Waals surface area contributed by atoms with Crippen molar-refractivity contribution in [3.8, 4) is 0 Å². The summed E-state index contributed by atoms with van der Waals surface area (Å²) in [6.07, 6.45) is 1.89. The number of hydrogen-bond acceptors (Lipinski definition) is 2. The molecule has 0 aromatic heterocycles. The van der Waals surface area contributed by atoms with Crippen LogP contribution in [0.15, 0.2) is 35.9 Å². The molecule has 18 heavy (non-hydrogen) atoms. The van der Waals surface area contributed by atoms with Crippen molar-refractivity contribution in [3.05, 3.63) is 47.0 Å². The zero-order valence-corrected chi connectivity index (χ0v) is 11.9. The van der Waals surface area contributed by atoms with E-state index in [2.05, 4.69) is 20.8 Å². The third-order valence-electron chi connectivity index (χ3n) is 2.69. The highest BCUT2D eigenvalue weighted by Gasteiger charge is 2.14. The molecule has 0 saturated heterocycles. The van der Waals surface area contributed by atoms with E-state index >= 15 is 0 Å². The highest BCUT2D eigenvalue weighted by molar-refractivity contribution is 5.89. The molecule has 0 atom stereocenters. The summed E-state index contributed by atoms with van der Waals surface area (Å²) in [5.74, 6) is -0.270. The molecule has 0 fully saturated rings. The molecule has 1 aromatic rings. The first-order valence-corrected chi connectivity index (χ1v) is 6.22. The first-order chi connectivity index (χ1) is 8.30. The second-order valence-electron chi connectivity index (χ2n) is 5.71. The van der Waals surface area contributed by atoms with Crippen LogP contribution in [0.25, 0.3) is 0 Å². The van der Waals surface area contributed by atoms with E-state index in [9.17, 15) is 4.79 Å². The monoisotopic (exact) mass is 246 g/mol. The number of rotatable bonds is 3. The molecule has 0 radical (unpaired) electrons. The molecule has 0 spiro atoms. The molecule has 0 unspecified atom stereocenters. The Morgan fingerprint density at radius 1 is 1.17 bits per heavy atom. The molecule has 1 rings (SSSR count). The normalized spacial score (nSPS) is 10.9. The highest BCUT2D eigenvalue weighted by Crippen LogP contribution is 2.22. The van der Waals surface area contributed by atoms with Crippen LogP contribution in [0.3, 0.4) is 0 Å². The van der Waals surface area contributed by atoms with Crippen molar-refractivity contribution in [2.75, 3.05) is 6.61 Å². The first kappa shape index (κ1) is 14.5.